The Morgan fingerprint density at radius 3 is 1.96 bits per heavy atom. The second kappa shape index (κ2) is 8.38. The van der Waals surface area contributed by atoms with Crippen LogP contribution < -0.4 is 0 Å². The highest BCUT2D eigenvalue weighted by Gasteiger charge is 2.43. The van der Waals surface area contributed by atoms with Crippen molar-refractivity contribution in [3.63, 3.8) is 0 Å². The number of phenolic OH excluding ortho intramolecular Hbond substituents is 1. The van der Waals surface area contributed by atoms with Crippen LogP contribution in [0.3, 0.4) is 0 Å². The molecule has 2 atom stereocenters. The Hall–Kier alpha value is -2.62. The summed E-state index contributed by atoms with van der Waals surface area (Å²) in [6.07, 6.45) is 2.71. The lowest BCUT2D eigenvalue weighted by atomic mass is 9.91. The van der Waals surface area contributed by atoms with Gasteiger partial charge < -0.3 is 14.6 Å². The lowest BCUT2D eigenvalue weighted by Crippen LogP contribution is -2.11. The van der Waals surface area contributed by atoms with Crippen LogP contribution >= 0.6 is 0 Å². The van der Waals surface area contributed by atoms with E-state index in [4.69, 9.17) is 9.47 Å². The van der Waals surface area contributed by atoms with E-state index in [1.54, 1.807) is 6.07 Å². The Morgan fingerprint density at radius 2 is 1.33 bits per heavy atom. The van der Waals surface area contributed by atoms with E-state index in [1.807, 2.05) is 42.5 Å². The van der Waals surface area contributed by atoms with Crippen molar-refractivity contribution in [2.75, 3.05) is 0 Å². The van der Waals surface area contributed by atoms with Crippen LogP contribution in [0.25, 0.3) is 0 Å². The molecule has 1 aliphatic heterocycles. The summed E-state index contributed by atoms with van der Waals surface area (Å²) in [4.78, 5) is 0. The number of ether oxygens (including phenoxy) is 2. The molecule has 0 amide bonds. The van der Waals surface area contributed by atoms with Crippen LogP contribution in [0.2, 0.25) is 0 Å². The van der Waals surface area contributed by atoms with E-state index >= 15 is 0 Å². The van der Waals surface area contributed by atoms with Gasteiger partial charge in [0.1, 0.15) is 5.75 Å². The summed E-state index contributed by atoms with van der Waals surface area (Å²) >= 11 is 0. The van der Waals surface area contributed by atoms with Crippen molar-refractivity contribution in [2.45, 2.75) is 38.3 Å². The second-order valence-corrected chi connectivity index (χ2v) is 7.00. The quantitative estimate of drug-likeness (QED) is 0.688. The molecule has 1 fully saturated rings. The normalized spacial score (nSPS) is 19.3. The predicted molar refractivity (Wildman–Crippen MR) is 106 cm³/mol. The third kappa shape index (κ3) is 4.76. The molecule has 0 aromatic heterocycles. The SMILES string of the molecule is Oc1cccc2c1CC1OC1C2.c1ccc(COCc2ccccc2)cc1. The van der Waals surface area contributed by atoms with E-state index in [9.17, 15) is 5.11 Å². The van der Waals surface area contributed by atoms with E-state index in [-0.39, 0.29) is 0 Å². The third-order valence-electron chi connectivity index (χ3n) is 4.99. The summed E-state index contributed by atoms with van der Waals surface area (Å²) in [6.45, 7) is 1.35. The Balaban J connectivity index is 0.000000136. The monoisotopic (exact) mass is 360 g/mol. The number of fused-ring (bicyclic) bond motifs is 2. The molecule has 0 saturated carbocycles. The van der Waals surface area contributed by atoms with Crippen molar-refractivity contribution in [1.82, 2.24) is 0 Å². The first-order chi connectivity index (χ1) is 13.3. The molecule has 138 valence electrons. The van der Waals surface area contributed by atoms with Gasteiger partial charge in [-0.3, -0.25) is 0 Å². The van der Waals surface area contributed by atoms with Crippen LogP contribution in [0.1, 0.15) is 22.3 Å². The Kier molecular flexibility index (Phi) is 5.52. The van der Waals surface area contributed by atoms with Gasteiger partial charge in [-0.15, -0.1) is 0 Å². The van der Waals surface area contributed by atoms with Gasteiger partial charge in [0.05, 0.1) is 25.4 Å². The molecule has 1 heterocycles. The van der Waals surface area contributed by atoms with E-state index in [2.05, 4.69) is 30.3 Å². The zero-order valence-corrected chi connectivity index (χ0v) is 15.3. The molecule has 5 rings (SSSR count). The van der Waals surface area contributed by atoms with Gasteiger partial charge in [-0.05, 0) is 28.3 Å². The maximum absolute atomic E-state index is 9.54. The number of rotatable bonds is 4. The minimum Gasteiger partial charge on any atom is -0.508 e. The maximum Gasteiger partial charge on any atom is 0.119 e. The smallest absolute Gasteiger partial charge is 0.119 e. The molecule has 3 nitrogen and oxygen atoms in total. The number of hydrogen-bond donors (Lipinski definition) is 1. The van der Waals surface area contributed by atoms with Gasteiger partial charge in [0, 0.05) is 12.8 Å². The second-order valence-electron chi connectivity index (χ2n) is 7.00. The van der Waals surface area contributed by atoms with Crippen LogP contribution in [0.5, 0.6) is 5.75 Å². The van der Waals surface area contributed by atoms with Gasteiger partial charge in [0.2, 0.25) is 0 Å². The van der Waals surface area contributed by atoms with Crippen LogP contribution in [0.4, 0.5) is 0 Å². The molecule has 0 radical (unpaired) electrons. The third-order valence-corrected chi connectivity index (χ3v) is 4.99. The zero-order chi connectivity index (χ0) is 18.5. The molecule has 3 aromatic carbocycles. The summed E-state index contributed by atoms with van der Waals surface area (Å²) in [5.41, 5.74) is 4.78. The van der Waals surface area contributed by atoms with Crippen molar-refractivity contribution in [2.24, 2.45) is 0 Å². The van der Waals surface area contributed by atoms with E-state index in [0.717, 1.165) is 18.4 Å². The lowest BCUT2D eigenvalue weighted by Gasteiger charge is -2.12. The predicted octanol–water partition coefficient (Wildman–Crippen LogP) is 4.66. The maximum atomic E-state index is 9.54. The van der Waals surface area contributed by atoms with E-state index in [1.165, 1.54) is 16.7 Å². The fraction of sp³-hybridized carbons (Fsp3) is 0.250. The molecular weight excluding hydrogens is 336 g/mol. The van der Waals surface area contributed by atoms with Crippen molar-refractivity contribution < 1.29 is 14.6 Å². The number of phenols is 1. The largest absolute Gasteiger partial charge is 0.508 e. The molecule has 1 saturated heterocycles. The fourth-order valence-electron chi connectivity index (χ4n) is 3.44. The summed E-state index contributed by atoms with van der Waals surface area (Å²) in [5, 5.41) is 9.54. The molecular formula is C24H24O3. The summed E-state index contributed by atoms with van der Waals surface area (Å²) in [5.74, 6) is 0.432. The Bertz CT molecular complexity index is 822. The van der Waals surface area contributed by atoms with Gasteiger partial charge in [0.15, 0.2) is 0 Å². The molecule has 0 spiro atoms. The number of epoxide rings is 1. The highest BCUT2D eigenvalue weighted by atomic mass is 16.6. The first kappa shape index (κ1) is 17.8. The molecule has 3 aromatic rings. The molecule has 2 unspecified atom stereocenters. The van der Waals surface area contributed by atoms with Gasteiger partial charge in [0.25, 0.3) is 0 Å². The summed E-state index contributed by atoms with van der Waals surface area (Å²) in [6, 6.07) is 26.2. The Labute approximate surface area is 160 Å². The average Bonchev–Trinajstić information content (AvgIpc) is 3.48. The fourth-order valence-corrected chi connectivity index (χ4v) is 3.44. The van der Waals surface area contributed by atoms with Crippen molar-refractivity contribution in [3.8, 4) is 5.75 Å². The van der Waals surface area contributed by atoms with E-state index in [0.29, 0.717) is 31.2 Å². The van der Waals surface area contributed by atoms with Crippen LogP contribution in [-0.2, 0) is 35.5 Å². The van der Waals surface area contributed by atoms with E-state index < -0.39 is 0 Å². The zero-order valence-electron chi connectivity index (χ0n) is 15.3. The van der Waals surface area contributed by atoms with Crippen LogP contribution in [0.15, 0.2) is 78.9 Å². The molecule has 1 N–H and O–H groups in total. The highest BCUT2D eigenvalue weighted by molar-refractivity contribution is 5.43. The van der Waals surface area contributed by atoms with Gasteiger partial charge >= 0.3 is 0 Å². The standard InChI is InChI=1S/C14H14O.C10H10O2/c1-3-7-13(8-4-1)11-15-12-14-9-5-2-6-10-14;11-8-3-1-2-6-4-9-10(12-9)5-7(6)8/h1-10H,11-12H2;1-3,9-11H,4-5H2. The first-order valence-electron chi connectivity index (χ1n) is 9.40. The minimum absolute atomic E-state index is 0.394. The van der Waals surface area contributed by atoms with Gasteiger partial charge in [-0.1, -0.05) is 72.8 Å². The van der Waals surface area contributed by atoms with Crippen molar-refractivity contribution >= 4 is 0 Å². The molecule has 2 aliphatic rings. The van der Waals surface area contributed by atoms with Crippen LogP contribution in [0, 0.1) is 0 Å². The molecule has 1 aliphatic carbocycles. The van der Waals surface area contributed by atoms with Crippen molar-refractivity contribution in [1.29, 1.82) is 0 Å². The first-order valence-corrected chi connectivity index (χ1v) is 9.40. The highest BCUT2D eigenvalue weighted by Crippen LogP contribution is 2.38. The summed E-state index contributed by atoms with van der Waals surface area (Å²) in [7, 11) is 0. The summed E-state index contributed by atoms with van der Waals surface area (Å²) < 4.78 is 11.0. The topological polar surface area (TPSA) is 42.0 Å². The van der Waals surface area contributed by atoms with Gasteiger partial charge in [-0.25, -0.2) is 0 Å². The number of hydrogen-bond acceptors (Lipinski definition) is 3. The lowest BCUT2D eigenvalue weighted by molar-refractivity contribution is 0.107. The van der Waals surface area contributed by atoms with Crippen LogP contribution in [-0.4, -0.2) is 17.3 Å². The molecule has 3 heteroatoms. The molecule has 27 heavy (non-hydrogen) atoms. The average molecular weight is 360 g/mol. The number of aromatic hydroxyl groups is 1. The number of benzene rings is 3. The minimum atomic E-state index is 0.394. The molecule has 0 bridgehead atoms. The van der Waals surface area contributed by atoms with Gasteiger partial charge in [-0.2, -0.15) is 0 Å². The van der Waals surface area contributed by atoms with Crippen molar-refractivity contribution in [3.05, 3.63) is 101 Å². The Morgan fingerprint density at radius 1 is 0.741 bits per heavy atom.